The van der Waals surface area contributed by atoms with Crippen LogP contribution in [0.1, 0.15) is 178 Å². The fourth-order valence-electron chi connectivity index (χ4n) is 5.66. The highest BCUT2D eigenvalue weighted by Gasteiger charge is 2.35. The molecule has 0 aliphatic heterocycles. The Hall–Kier alpha value is -2.73. The van der Waals surface area contributed by atoms with Crippen molar-refractivity contribution in [2.24, 2.45) is 0 Å². The third-order valence-corrected chi connectivity index (χ3v) is 8.66. The lowest BCUT2D eigenvalue weighted by Crippen LogP contribution is -2.43. The number of ketones is 1. The summed E-state index contributed by atoms with van der Waals surface area (Å²) < 4.78 is 11.1. The first-order chi connectivity index (χ1) is 23.5. The van der Waals surface area contributed by atoms with Gasteiger partial charge in [-0.05, 0) is 64.2 Å². The molecule has 0 saturated carbocycles. The van der Waals surface area contributed by atoms with Gasteiger partial charge in [-0.1, -0.05) is 146 Å². The molecule has 0 heterocycles. The van der Waals surface area contributed by atoms with Crippen LogP contribution in [-0.2, 0) is 19.1 Å². The van der Waals surface area contributed by atoms with E-state index >= 15 is 0 Å². The van der Waals surface area contributed by atoms with Gasteiger partial charge in [-0.2, -0.15) is 0 Å². The van der Waals surface area contributed by atoms with Crippen molar-refractivity contribution in [2.45, 2.75) is 180 Å². The molecule has 0 aromatic heterocycles. The second-order valence-electron chi connectivity index (χ2n) is 13.1. The Morgan fingerprint density at radius 1 is 0.562 bits per heavy atom. The lowest BCUT2D eigenvalue weighted by Gasteiger charge is -2.25. The number of rotatable bonds is 32. The largest absolute Gasteiger partial charge is 0.455 e. The second kappa shape index (κ2) is 31.5. The van der Waals surface area contributed by atoms with Crippen LogP contribution in [0.5, 0.6) is 0 Å². The fraction of sp³-hybridized carbons (Fsp3) is 0.690. The molecule has 0 aliphatic carbocycles. The van der Waals surface area contributed by atoms with Gasteiger partial charge in [0.15, 0.2) is 6.10 Å². The Bertz CT molecular complexity index is 985. The predicted molar refractivity (Wildman–Crippen MR) is 198 cm³/mol. The standard InChI is InChI=1S/C42H68O6/c1-3-5-7-9-11-13-15-17-19-21-23-25-30-34-39(44)47-38(36-43)42(41(46)37-32-28-27-29-33-37)48-40(45)35-31-26-24-22-20-18-16-14-12-10-8-6-4-2/h13-16,27-29,32-33,38,42-43H,3-12,17-26,30-31,34-36H2,1-2H3. The molecule has 0 saturated heterocycles. The average Bonchev–Trinajstić information content (AvgIpc) is 3.10. The normalized spacial score (nSPS) is 12.8. The highest BCUT2D eigenvalue weighted by molar-refractivity contribution is 6.01. The monoisotopic (exact) mass is 669 g/mol. The minimum Gasteiger partial charge on any atom is -0.455 e. The summed E-state index contributed by atoms with van der Waals surface area (Å²) in [5.74, 6) is -1.49. The van der Waals surface area contributed by atoms with E-state index in [9.17, 15) is 19.5 Å². The van der Waals surface area contributed by atoms with Crippen molar-refractivity contribution in [1.29, 1.82) is 0 Å². The molecule has 0 amide bonds. The maximum Gasteiger partial charge on any atom is 0.306 e. The SMILES string of the molecule is CCCCCCC=CCCCCCCCC(=O)OC(CO)C(OC(=O)CCCCCCCC=CCCCCCC)C(=O)c1ccccc1. The number of allylic oxidation sites excluding steroid dienone is 4. The van der Waals surface area contributed by atoms with Crippen LogP contribution in [0.2, 0.25) is 0 Å². The van der Waals surface area contributed by atoms with Gasteiger partial charge in [0.2, 0.25) is 11.9 Å². The molecular formula is C42H68O6. The molecule has 6 nitrogen and oxygen atoms in total. The average molecular weight is 669 g/mol. The summed E-state index contributed by atoms with van der Waals surface area (Å²) in [6, 6.07) is 8.49. The van der Waals surface area contributed by atoms with Crippen LogP contribution >= 0.6 is 0 Å². The molecule has 2 atom stereocenters. The topological polar surface area (TPSA) is 89.9 Å². The summed E-state index contributed by atoms with van der Waals surface area (Å²) in [6.07, 6.45) is 31.6. The highest BCUT2D eigenvalue weighted by atomic mass is 16.6. The Labute approximate surface area is 293 Å². The first kappa shape index (κ1) is 43.3. The zero-order chi connectivity index (χ0) is 34.9. The minimum atomic E-state index is -1.39. The van der Waals surface area contributed by atoms with E-state index in [0.29, 0.717) is 18.4 Å². The summed E-state index contributed by atoms with van der Waals surface area (Å²) in [7, 11) is 0. The molecule has 48 heavy (non-hydrogen) atoms. The zero-order valence-corrected chi connectivity index (χ0v) is 30.5. The summed E-state index contributed by atoms with van der Waals surface area (Å²) in [6.45, 7) is 3.85. The van der Waals surface area contributed by atoms with Crippen molar-refractivity contribution >= 4 is 17.7 Å². The maximum atomic E-state index is 13.3. The van der Waals surface area contributed by atoms with Crippen LogP contribution in [0, 0.1) is 0 Å². The maximum absolute atomic E-state index is 13.3. The number of hydrogen-bond acceptors (Lipinski definition) is 6. The lowest BCUT2D eigenvalue weighted by atomic mass is 10.0. The lowest BCUT2D eigenvalue weighted by molar-refractivity contribution is -0.167. The number of hydrogen-bond donors (Lipinski definition) is 1. The molecule has 6 heteroatoms. The van der Waals surface area contributed by atoms with E-state index in [-0.39, 0.29) is 12.8 Å². The number of carbonyl (C=O) groups is 3. The van der Waals surface area contributed by atoms with Gasteiger partial charge in [0.25, 0.3) is 0 Å². The van der Waals surface area contributed by atoms with Crippen molar-refractivity contribution in [3.05, 3.63) is 60.2 Å². The Balaban J connectivity index is 2.40. The molecule has 0 bridgehead atoms. The highest BCUT2D eigenvalue weighted by Crippen LogP contribution is 2.17. The number of benzene rings is 1. The summed E-state index contributed by atoms with van der Waals surface area (Å²) in [5, 5.41) is 10.1. The molecule has 0 spiro atoms. The molecule has 0 aliphatic rings. The van der Waals surface area contributed by atoms with Crippen LogP contribution in [0.15, 0.2) is 54.6 Å². The summed E-state index contributed by atoms with van der Waals surface area (Å²) in [5.41, 5.74) is 0.339. The van der Waals surface area contributed by atoms with Crippen LogP contribution in [0.4, 0.5) is 0 Å². The Morgan fingerprint density at radius 3 is 1.40 bits per heavy atom. The van der Waals surface area contributed by atoms with E-state index in [2.05, 4.69) is 38.2 Å². The Kier molecular flexibility index (Phi) is 28.4. The van der Waals surface area contributed by atoms with Crippen molar-refractivity contribution in [1.82, 2.24) is 0 Å². The molecule has 272 valence electrons. The van der Waals surface area contributed by atoms with Crippen LogP contribution in [0.25, 0.3) is 0 Å². The van der Waals surface area contributed by atoms with E-state index in [0.717, 1.165) is 64.2 Å². The van der Waals surface area contributed by atoms with Crippen molar-refractivity contribution < 1.29 is 29.0 Å². The first-order valence-corrected chi connectivity index (χ1v) is 19.4. The number of unbranched alkanes of at least 4 members (excludes halogenated alkanes) is 18. The number of ether oxygens (including phenoxy) is 2. The van der Waals surface area contributed by atoms with Gasteiger partial charge in [0, 0.05) is 18.4 Å². The van der Waals surface area contributed by atoms with Gasteiger partial charge in [0.1, 0.15) is 0 Å². The summed E-state index contributed by atoms with van der Waals surface area (Å²) in [4.78, 5) is 38.8. The molecule has 1 aromatic rings. The van der Waals surface area contributed by atoms with Gasteiger partial charge in [-0.3, -0.25) is 14.4 Å². The van der Waals surface area contributed by atoms with Crippen LogP contribution < -0.4 is 0 Å². The fourth-order valence-corrected chi connectivity index (χ4v) is 5.66. The van der Waals surface area contributed by atoms with Gasteiger partial charge < -0.3 is 14.6 Å². The third-order valence-electron chi connectivity index (χ3n) is 8.66. The molecule has 0 radical (unpaired) electrons. The van der Waals surface area contributed by atoms with E-state index < -0.39 is 36.5 Å². The minimum absolute atomic E-state index is 0.178. The van der Waals surface area contributed by atoms with E-state index in [1.807, 2.05) is 0 Å². The van der Waals surface area contributed by atoms with Gasteiger partial charge in [0.05, 0.1) is 6.61 Å². The van der Waals surface area contributed by atoms with E-state index in [1.54, 1.807) is 30.3 Å². The molecule has 2 unspecified atom stereocenters. The van der Waals surface area contributed by atoms with Gasteiger partial charge in [-0.15, -0.1) is 0 Å². The number of aliphatic hydroxyl groups excluding tert-OH is 1. The molecule has 0 fully saturated rings. The van der Waals surface area contributed by atoms with E-state index in [4.69, 9.17) is 9.47 Å². The number of carbonyl (C=O) groups excluding carboxylic acids is 3. The smallest absolute Gasteiger partial charge is 0.306 e. The zero-order valence-electron chi connectivity index (χ0n) is 30.5. The van der Waals surface area contributed by atoms with Crippen molar-refractivity contribution in [3.8, 4) is 0 Å². The van der Waals surface area contributed by atoms with E-state index in [1.165, 1.54) is 64.2 Å². The molecule has 1 aromatic carbocycles. The number of Topliss-reactive ketones (excluding diaryl/α,β-unsaturated/α-hetero) is 1. The molecule has 1 N–H and O–H groups in total. The first-order valence-electron chi connectivity index (χ1n) is 19.4. The predicted octanol–water partition coefficient (Wildman–Crippen LogP) is 11.2. The number of aliphatic hydroxyl groups is 1. The van der Waals surface area contributed by atoms with Crippen LogP contribution in [0.3, 0.4) is 0 Å². The quantitative estimate of drug-likeness (QED) is 0.0356. The van der Waals surface area contributed by atoms with Gasteiger partial charge >= 0.3 is 11.9 Å². The number of esters is 2. The van der Waals surface area contributed by atoms with Crippen molar-refractivity contribution in [3.63, 3.8) is 0 Å². The Morgan fingerprint density at radius 2 is 0.958 bits per heavy atom. The summed E-state index contributed by atoms with van der Waals surface area (Å²) >= 11 is 0. The third kappa shape index (κ3) is 23.6. The van der Waals surface area contributed by atoms with Gasteiger partial charge in [-0.25, -0.2) is 0 Å². The van der Waals surface area contributed by atoms with Crippen molar-refractivity contribution in [2.75, 3.05) is 6.61 Å². The van der Waals surface area contributed by atoms with Crippen LogP contribution in [-0.4, -0.2) is 41.6 Å². The molecule has 1 rings (SSSR count). The second-order valence-corrected chi connectivity index (χ2v) is 13.1. The molecular weight excluding hydrogens is 600 g/mol.